The minimum absolute atomic E-state index is 0.0765. The van der Waals surface area contributed by atoms with E-state index in [-0.39, 0.29) is 41.8 Å². The van der Waals surface area contributed by atoms with Gasteiger partial charge in [0, 0.05) is 38.6 Å². The van der Waals surface area contributed by atoms with Crippen LogP contribution >= 0.6 is 0 Å². The van der Waals surface area contributed by atoms with Crippen LogP contribution in [0.3, 0.4) is 0 Å². The standard InChI is InChI=1S/C22H37N5O5/c1-4-18(26-21(30)17-9-10-19(11-17)32-14(2)28)13-25-27-22(31)24-12-15-5-7-16(8-6-15)20(29)23-3/h13,15-19H,4-12H2,1-3H3,(H,23,29)(H,26,30)(H2,24,27,31)/b25-13+/t15?,16?,17-,18-,19-/m0/s1. The van der Waals surface area contributed by atoms with Crippen molar-refractivity contribution in [3.63, 3.8) is 0 Å². The van der Waals surface area contributed by atoms with E-state index in [1.165, 1.54) is 13.1 Å². The van der Waals surface area contributed by atoms with E-state index in [1.54, 1.807) is 7.05 Å². The van der Waals surface area contributed by atoms with Crippen LogP contribution in [0.15, 0.2) is 5.10 Å². The molecule has 0 unspecified atom stereocenters. The molecule has 0 heterocycles. The van der Waals surface area contributed by atoms with Gasteiger partial charge in [0.1, 0.15) is 6.10 Å². The lowest BCUT2D eigenvalue weighted by molar-refractivity contribution is -0.146. The molecule has 0 spiro atoms. The second-order valence-corrected chi connectivity index (χ2v) is 8.70. The molecule has 0 aromatic carbocycles. The first-order chi connectivity index (χ1) is 15.3. The largest absolute Gasteiger partial charge is 0.463 e. The van der Waals surface area contributed by atoms with Crippen molar-refractivity contribution in [3.8, 4) is 0 Å². The van der Waals surface area contributed by atoms with Crippen LogP contribution in [0.1, 0.15) is 65.2 Å². The van der Waals surface area contributed by atoms with E-state index in [1.807, 2.05) is 6.92 Å². The predicted octanol–water partition coefficient (Wildman–Crippen LogP) is 1.45. The second kappa shape index (κ2) is 13.0. The molecule has 4 amide bonds. The summed E-state index contributed by atoms with van der Waals surface area (Å²) in [7, 11) is 1.66. The monoisotopic (exact) mass is 451 g/mol. The van der Waals surface area contributed by atoms with Crippen LogP contribution in [0, 0.1) is 17.8 Å². The number of hydrogen-bond acceptors (Lipinski definition) is 6. The Bertz CT molecular complexity index is 690. The molecule has 32 heavy (non-hydrogen) atoms. The summed E-state index contributed by atoms with van der Waals surface area (Å²) in [6, 6.07) is -0.688. The van der Waals surface area contributed by atoms with E-state index in [4.69, 9.17) is 4.74 Å². The van der Waals surface area contributed by atoms with Crippen molar-refractivity contribution < 1.29 is 23.9 Å². The zero-order chi connectivity index (χ0) is 23.5. The molecule has 2 fully saturated rings. The van der Waals surface area contributed by atoms with Gasteiger partial charge in [-0.25, -0.2) is 10.2 Å². The molecule has 0 bridgehead atoms. The summed E-state index contributed by atoms with van der Waals surface area (Å²) in [5.41, 5.74) is 2.44. The highest BCUT2D eigenvalue weighted by Gasteiger charge is 2.32. The van der Waals surface area contributed by atoms with E-state index in [0.717, 1.165) is 25.7 Å². The van der Waals surface area contributed by atoms with Crippen LogP contribution in [0.2, 0.25) is 0 Å². The topological polar surface area (TPSA) is 138 Å². The summed E-state index contributed by atoms with van der Waals surface area (Å²) in [5, 5.41) is 12.4. The summed E-state index contributed by atoms with van der Waals surface area (Å²) in [6.07, 6.45) is 7.36. The van der Waals surface area contributed by atoms with Gasteiger partial charge in [-0.2, -0.15) is 5.10 Å². The maximum Gasteiger partial charge on any atom is 0.335 e. The third kappa shape index (κ3) is 8.47. The van der Waals surface area contributed by atoms with Crippen LogP contribution < -0.4 is 21.4 Å². The summed E-state index contributed by atoms with van der Waals surface area (Å²) in [4.78, 5) is 47.2. The van der Waals surface area contributed by atoms with Gasteiger partial charge in [0.25, 0.3) is 0 Å². The second-order valence-electron chi connectivity index (χ2n) is 8.70. The van der Waals surface area contributed by atoms with Crippen molar-refractivity contribution in [1.82, 2.24) is 21.4 Å². The Hall–Kier alpha value is -2.65. The quantitative estimate of drug-likeness (QED) is 0.239. The maximum atomic E-state index is 12.5. The molecule has 4 N–H and O–H groups in total. The zero-order valence-corrected chi connectivity index (χ0v) is 19.3. The first kappa shape index (κ1) is 25.6. The molecular weight excluding hydrogens is 414 g/mol. The van der Waals surface area contributed by atoms with Crippen LogP contribution in [0.4, 0.5) is 4.79 Å². The molecule has 0 aromatic rings. The summed E-state index contributed by atoms with van der Waals surface area (Å²) >= 11 is 0. The molecule has 10 heteroatoms. The van der Waals surface area contributed by atoms with Crippen molar-refractivity contribution in [3.05, 3.63) is 0 Å². The van der Waals surface area contributed by atoms with Gasteiger partial charge in [-0.15, -0.1) is 0 Å². The summed E-state index contributed by atoms with van der Waals surface area (Å²) < 4.78 is 5.18. The van der Waals surface area contributed by atoms with E-state index >= 15 is 0 Å². The molecule has 0 aliphatic heterocycles. The predicted molar refractivity (Wildman–Crippen MR) is 120 cm³/mol. The van der Waals surface area contributed by atoms with Gasteiger partial charge in [-0.3, -0.25) is 14.4 Å². The van der Waals surface area contributed by atoms with Crippen LogP contribution in [-0.4, -0.2) is 55.8 Å². The van der Waals surface area contributed by atoms with Gasteiger partial charge in [0.05, 0.1) is 6.04 Å². The van der Waals surface area contributed by atoms with Crippen molar-refractivity contribution >= 4 is 30.0 Å². The molecule has 0 aromatic heterocycles. The van der Waals surface area contributed by atoms with E-state index in [2.05, 4.69) is 26.5 Å². The van der Waals surface area contributed by atoms with Crippen molar-refractivity contribution in [2.45, 2.75) is 77.4 Å². The number of hydrogen-bond donors (Lipinski definition) is 4. The van der Waals surface area contributed by atoms with Crippen LogP contribution in [0.25, 0.3) is 0 Å². The number of esters is 1. The Morgan fingerprint density at radius 2 is 1.72 bits per heavy atom. The number of amides is 4. The average molecular weight is 452 g/mol. The fraction of sp³-hybridized carbons (Fsp3) is 0.773. The molecule has 2 saturated carbocycles. The van der Waals surface area contributed by atoms with Gasteiger partial charge < -0.3 is 20.7 Å². The van der Waals surface area contributed by atoms with Crippen molar-refractivity contribution in [2.24, 2.45) is 22.9 Å². The minimum Gasteiger partial charge on any atom is -0.463 e. The number of ether oxygens (including phenoxy) is 1. The van der Waals surface area contributed by atoms with E-state index in [9.17, 15) is 19.2 Å². The Balaban J connectivity index is 1.65. The Kier molecular flexibility index (Phi) is 10.4. The number of carbonyl (C=O) groups is 4. The van der Waals surface area contributed by atoms with Crippen molar-refractivity contribution in [2.75, 3.05) is 13.6 Å². The molecule has 2 aliphatic rings. The van der Waals surface area contributed by atoms with Crippen molar-refractivity contribution in [1.29, 1.82) is 0 Å². The molecule has 2 aliphatic carbocycles. The fourth-order valence-electron chi connectivity index (χ4n) is 4.36. The fourth-order valence-corrected chi connectivity index (χ4v) is 4.36. The normalized spacial score (nSPS) is 26.2. The SMILES string of the molecule is CC[C@@H](/C=N/NC(=O)NCC1CCC(C(=O)NC)CC1)NC(=O)[C@H]1CC[C@H](OC(C)=O)C1. The molecule has 10 nitrogen and oxygen atoms in total. The minimum atomic E-state index is -0.393. The average Bonchev–Trinajstić information content (AvgIpc) is 3.24. The third-order valence-electron chi connectivity index (χ3n) is 6.29. The first-order valence-electron chi connectivity index (χ1n) is 11.6. The summed E-state index contributed by atoms with van der Waals surface area (Å²) in [6.45, 7) is 3.83. The van der Waals surface area contributed by atoms with Gasteiger partial charge >= 0.3 is 12.0 Å². The van der Waals surface area contributed by atoms with E-state index in [0.29, 0.717) is 38.1 Å². The van der Waals surface area contributed by atoms with Gasteiger partial charge in [-0.1, -0.05) is 6.92 Å². The van der Waals surface area contributed by atoms with Crippen LogP contribution in [-0.2, 0) is 19.1 Å². The lowest BCUT2D eigenvalue weighted by Crippen LogP contribution is -2.41. The van der Waals surface area contributed by atoms with Gasteiger partial charge in [-0.05, 0) is 57.3 Å². The molecule has 3 atom stereocenters. The summed E-state index contributed by atoms with van der Waals surface area (Å²) in [5.74, 6) is -0.0664. The lowest BCUT2D eigenvalue weighted by atomic mass is 9.81. The Morgan fingerprint density at radius 3 is 2.34 bits per heavy atom. The molecule has 0 radical (unpaired) electrons. The molecule has 180 valence electrons. The number of rotatable bonds is 9. The number of nitrogens with zero attached hydrogens (tertiary/aromatic N) is 1. The number of nitrogens with one attached hydrogen (secondary N) is 4. The zero-order valence-electron chi connectivity index (χ0n) is 19.3. The Labute approximate surface area is 189 Å². The Morgan fingerprint density at radius 1 is 1.03 bits per heavy atom. The lowest BCUT2D eigenvalue weighted by Gasteiger charge is -2.27. The van der Waals surface area contributed by atoms with Gasteiger partial charge in [0.2, 0.25) is 11.8 Å². The number of hydrazone groups is 1. The highest BCUT2D eigenvalue weighted by atomic mass is 16.5. The highest BCUT2D eigenvalue weighted by Crippen LogP contribution is 2.29. The highest BCUT2D eigenvalue weighted by molar-refractivity contribution is 5.83. The number of urea groups is 1. The smallest absolute Gasteiger partial charge is 0.335 e. The van der Waals surface area contributed by atoms with E-state index < -0.39 is 6.03 Å². The molecule has 2 rings (SSSR count). The number of carbonyl (C=O) groups excluding carboxylic acids is 4. The third-order valence-corrected chi connectivity index (χ3v) is 6.29. The maximum absolute atomic E-state index is 12.5. The van der Waals surface area contributed by atoms with Crippen LogP contribution in [0.5, 0.6) is 0 Å². The first-order valence-corrected chi connectivity index (χ1v) is 11.6. The van der Waals surface area contributed by atoms with Gasteiger partial charge in [0.15, 0.2) is 0 Å². The molecule has 0 saturated heterocycles. The molecular formula is C22H37N5O5.